The number of H-pyrrole nitrogens is 1. The molecule has 5 nitrogen and oxygen atoms in total. The lowest BCUT2D eigenvalue weighted by atomic mass is 9.84. The van der Waals surface area contributed by atoms with Crippen LogP contribution in [0.3, 0.4) is 0 Å². The van der Waals surface area contributed by atoms with Gasteiger partial charge in [0.1, 0.15) is 6.07 Å². The van der Waals surface area contributed by atoms with E-state index in [-0.39, 0.29) is 11.8 Å². The van der Waals surface area contributed by atoms with Crippen LogP contribution in [0, 0.1) is 11.3 Å². The Bertz CT molecular complexity index is 740. The van der Waals surface area contributed by atoms with Gasteiger partial charge in [-0.05, 0) is 18.4 Å². The summed E-state index contributed by atoms with van der Waals surface area (Å²) >= 11 is 0. The van der Waals surface area contributed by atoms with Crippen molar-refractivity contribution in [1.82, 2.24) is 10.2 Å². The Balaban J connectivity index is 2.05. The fourth-order valence-corrected chi connectivity index (χ4v) is 2.91. The van der Waals surface area contributed by atoms with Crippen LogP contribution in [0.15, 0.2) is 41.8 Å². The number of benzene rings is 1. The molecule has 1 aliphatic heterocycles. The lowest BCUT2D eigenvalue weighted by Gasteiger charge is -2.23. The highest BCUT2D eigenvalue weighted by Gasteiger charge is 2.33. The number of hydrogen-bond donors (Lipinski definition) is 2. The van der Waals surface area contributed by atoms with Gasteiger partial charge in [-0.25, -0.2) is 0 Å². The predicted molar refractivity (Wildman–Crippen MR) is 82.9 cm³/mol. The SMILES string of the molecule is CCCc1[nH]nc2c1[C@H](Cc1ccccc1)C(C#N)=C(N)O2. The quantitative estimate of drug-likeness (QED) is 0.907. The minimum Gasteiger partial charge on any atom is -0.420 e. The average molecular weight is 294 g/mol. The molecule has 1 aromatic carbocycles. The van der Waals surface area contributed by atoms with Crippen LogP contribution in [-0.4, -0.2) is 10.2 Å². The van der Waals surface area contributed by atoms with Crippen molar-refractivity contribution in [3.8, 4) is 11.9 Å². The number of ether oxygens (including phenoxy) is 1. The first-order chi connectivity index (χ1) is 10.7. The van der Waals surface area contributed by atoms with E-state index in [2.05, 4.69) is 35.3 Å². The van der Waals surface area contributed by atoms with Gasteiger partial charge in [0.15, 0.2) is 0 Å². The Morgan fingerprint density at radius 2 is 2.14 bits per heavy atom. The summed E-state index contributed by atoms with van der Waals surface area (Å²) in [5.74, 6) is 0.544. The molecule has 22 heavy (non-hydrogen) atoms. The molecule has 5 heteroatoms. The molecule has 2 heterocycles. The first-order valence-corrected chi connectivity index (χ1v) is 7.43. The third-order valence-electron chi connectivity index (χ3n) is 3.92. The molecule has 0 bridgehead atoms. The summed E-state index contributed by atoms with van der Waals surface area (Å²) in [6, 6.07) is 12.3. The number of fused-ring (bicyclic) bond motifs is 1. The van der Waals surface area contributed by atoms with E-state index in [0.717, 1.165) is 29.7 Å². The second-order valence-electron chi connectivity index (χ2n) is 5.41. The highest BCUT2D eigenvalue weighted by Crippen LogP contribution is 2.40. The first kappa shape index (κ1) is 14.2. The zero-order valence-electron chi connectivity index (χ0n) is 12.5. The van der Waals surface area contributed by atoms with Crippen molar-refractivity contribution in [1.29, 1.82) is 5.26 Å². The van der Waals surface area contributed by atoms with Crippen LogP contribution in [0.25, 0.3) is 0 Å². The summed E-state index contributed by atoms with van der Waals surface area (Å²) in [7, 11) is 0. The number of allylic oxidation sites excluding steroid dienone is 1. The smallest absolute Gasteiger partial charge is 0.243 e. The highest BCUT2D eigenvalue weighted by atomic mass is 16.5. The number of aromatic amines is 1. The maximum Gasteiger partial charge on any atom is 0.243 e. The van der Waals surface area contributed by atoms with Gasteiger partial charge in [0, 0.05) is 17.2 Å². The Labute approximate surface area is 129 Å². The second kappa shape index (κ2) is 5.94. The standard InChI is InChI=1S/C17H18N4O/c1-2-6-14-15-12(9-11-7-4-3-5-8-11)13(10-18)16(19)22-17(15)21-20-14/h3-5,7-8,12H,2,6,9,19H2,1H3,(H,20,21)/t12-/m1/s1. The number of aryl methyl sites for hydroxylation is 1. The van der Waals surface area contributed by atoms with Gasteiger partial charge in [0.05, 0.1) is 5.57 Å². The number of nitrogens with two attached hydrogens (primary N) is 1. The van der Waals surface area contributed by atoms with Gasteiger partial charge in [-0.15, -0.1) is 5.10 Å². The number of rotatable bonds is 4. The second-order valence-corrected chi connectivity index (χ2v) is 5.41. The van der Waals surface area contributed by atoms with Gasteiger partial charge in [0.25, 0.3) is 0 Å². The molecule has 0 spiro atoms. The van der Waals surface area contributed by atoms with Crippen LogP contribution in [0.4, 0.5) is 0 Å². The van der Waals surface area contributed by atoms with Crippen molar-refractivity contribution in [2.24, 2.45) is 5.73 Å². The van der Waals surface area contributed by atoms with E-state index in [0.29, 0.717) is 17.9 Å². The lowest BCUT2D eigenvalue weighted by Crippen LogP contribution is -2.21. The van der Waals surface area contributed by atoms with E-state index in [1.807, 2.05) is 18.2 Å². The molecule has 2 aromatic rings. The zero-order chi connectivity index (χ0) is 15.5. The maximum atomic E-state index is 9.50. The van der Waals surface area contributed by atoms with Crippen molar-refractivity contribution < 1.29 is 4.74 Å². The lowest BCUT2D eigenvalue weighted by molar-refractivity contribution is 0.373. The van der Waals surface area contributed by atoms with E-state index in [4.69, 9.17) is 10.5 Å². The Hall–Kier alpha value is -2.74. The van der Waals surface area contributed by atoms with E-state index in [1.165, 1.54) is 0 Å². The van der Waals surface area contributed by atoms with Crippen molar-refractivity contribution in [3.63, 3.8) is 0 Å². The van der Waals surface area contributed by atoms with Crippen molar-refractivity contribution >= 4 is 0 Å². The largest absolute Gasteiger partial charge is 0.420 e. The molecule has 3 N–H and O–H groups in total. The molecule has 1 atom stereocenters. The summed E-state index contributed by atoms with van der Waals surface area (Å²) in [4.78, 5) is 0. The topological polar surface area (TPSA) is 87.7 Å². The summed E-state index contributed by atoms with van der Waals surface area (Å²) in [6.07, 6.45) is 2.57. The number of nitrogens with one attached hydrogen (secondary N) is 1. The molecule has 1 aliphatic rings. The maximum absolute atomic E-state index is 9.50. The Kier molecular flexibility index (Phi) is 3.84. The van der Waals surface area contributed by atoms with Crippen molar-refractivity contribution in [2.45, 2.75) is 32.1 Å². The number of nitriles is 1. The fourth-order valence-electron chi connectivity index (χ4n) is 2.91. The molecule has 0 saturated heterocycles. The molecule has 0 radical (unpaired) electrons. The Morgan fingerprint density at radius 1 is 1.36 bits per heavy atom. The monoisotopic (exact) mass is 294 g/mol. The summed E-state index contributed by atoms with van der Waals surface area (Å²) in [5, 5.41) is 16.7. The van der Waals surface area contributed by atoms with Crippen LogP contribution in [0.1, 0.15) is 36.1 Å². The molecular formula is C17H18N4O. The van der Waals surface area contributed by atoms with Gasteiger partial charge < -0.3 is 10.5 Å². The van der Waals surface area contributed by atoms with E-state index < -0.39 is 0 Å². The number of hydrogen-bond acceptors (Lipinski definition) is 4. The van der Waals surface area contributed by atoms with Gasteiger partial charge in [-0.2, -0.15) is 5.26 Å². The van der Waals surface area contributed by atoms with Gasteiger partial charge >= 0.3 is 0 Å². The molecule has 0 aliphatic carbocycles. The molecule has 0 unspecified atom stereocenters. The van der Waals surface area contributed by atoms with Crippen LogP contribution >= 0.6 is 0 Å². The van der Waals surface area contributed by atoms with Gasteiger partial charge in [-0.3, -0.25) is 5.10 Å². The summed E-state index contributed by atoms with van der Waals surface area (Å²) < 4.78 is 5.52. The third kappa shape index (κ3) is 2.44. The minimum absolute atomic E-state index is 0.114. The number of aromatic nitrogens is 2. The summed E-state index contributed by atoms with van der Waals surface area (Å²) in [6.45, 7) is 2.11. The molecule has 0 saturated carbocycles. The van der Waals surface area contributed by atoms with Crippen LogP contribution in [0.5, 0.6) is 5.88 Å². The normalized spacial score (nSPS) is 16.8. The highest BCUT2D eigenvalue weighted by molar-refractivity contribution is 5.50. The van der Waals surface area contributed by atoms with E-state index in [1.54, 1.807) is 0 Å². The predicted octanol–water partition coefficient (Wildman–Crippen LogP) is 2.77. The summed E-state index contributed by atoms with van der Waals surface area (Å²) in [5.41, 5.74) is 9.55. The Morgan fingerprint density at radius 3 is 2.82 bits per heavy atom. The molecule has 112 valence electrons. The first-order valence-electron chi connectivity index (χ1n) is 7.43. The average Bonchev–Trinajstić information content (AvgIpc) is 2.91. The zero-order valence-corrected chi connectivity index (χ0v) is 12.5. The van der Waals surface area contributed by atoms with Crippen LogP contribution < -0.4 is 10.5 Å². The van der Waals surface area contributed by atoms with Crippen molar-refractivity contribution in [2.75, 3.05) is 0 Å². The minimum atomic E-state index is -0.114. The molecular weight excluding hydrogens is 276 g/mol. The fraction of sp³-hybridized carbons (Fsp3) is 0.294. The van der Waals surface area contributed by atoms with Gasteiger partial charge in [0.2, 0.25) is 11.8 Å². The van der Waals surface area contributed by atoms with Crippen LogP contribution in [-0.2, 0) is 12.8 Å². The molecule has 3 rings (SSSR count). The third-order valence-corrected chi connectivity index (χ3v) is 3.92. The van der Waals surface area contributed by atoms with Crippen molar-refractivity contribution in [3.05, 3.63) is 58.6 Å². The molecule has 0 amide bonds. The van der Waals surface area contributed by atoms with E-state index >= 15 is 0 Å². The van der Waals surface area contributed by atoms with Gasteiger partial charge in [-0.1, -0.05) is 43.7 Å². The van der Waals surface area contributed by atoms with E-state index in [9.17, 15) is 5.26 Å². The van der Waals surface area contributed by atoms with Crippen LogP contribution in [0.2, 0.25) is 0 Å². The molecule has 0 fully saturated rings. The molecule has 1 aromatic heterocycles. The number of nitrogens with zero attached hydrogens (tertiary/aromatic N) is 2.